The molecule has 0 bridgehead atoms. The summed E-state index contributed by atoms with van der Waals surface area (Å²) < 4.78 is 5.25. The fourth-order valence-electron chi connectivity index (χ4n) is 1.74. The van der Waals surface area contributed by atoms with Crippen LogP contribution in [0.5, 0.6) is 0 Å². The zero-order chi connectivity index (χ0) is 13.9. The van der Waals surface area contributed by atoms with E-state index >= 15 is 0 Å². The van der Waals surface area contributed by atoms with Crippen molar-refractivity contribution >= 4 is 17.5 Å². The zero-order valence-electron chi connectivity index (χ0n) is 11.6. The van der Waals surface area contributed by atoms with Crippen molar-refractivity contribution in [2.45, 2.75) is 32.4 Å². The van der Waals surface area contributed by atoms with Crippen LogP contribution < -0.4 is 16.0 Å². The van der Waals surface area contributed by atoms with Crippen molar-refractivity contribution in [2.24, 2.45) is 0 Å². The van der Waals surface area contributed by atoms with E-state index in [9.17, 15) is 4.79 Å². The molecule has 0 aromatic heterocycles. The molecule has 1 aliphatic rings. The number of hydrogen-bond acceptors (Lipinski definition) is 4. The molecule has 0 radical (unpaired) electrons. The van der Waals surface area contributed by atoms with Crippen molar-refractivity contribution in [3.8, 4) is 0 Å². The molecular weight excluding hydrogens is 242 g/mol. The van der Waals surface area contributed by atoms with Crippen LogP contribution in [0.1, 0.15) is 20.8 Å². The van der Waals surface area contributed by atoms with E-state index in [1.165, 1.54) is 0 Å². The molecule has 1 aromatic rings. The van der Waals surface area contributed by atoms with Gasteiger partial charge >= 0.3 is 6.09 Å². The normalized spacial score (nSPS) is 15.5. The molecule has 0 atom stereocenters. The SMILES string of the molecule is CC(C)(C)OC(=O)Nc1ccccc1NC1CNC1. The number of benzene rings is 1. The molecule has 104 valence electrons. The second-order valence-electron chi connectivity index (χ2n) is 5.67. The lowest BCUT2D eigenvalue weighted by Crippen LogP contribution is -2.51. The van der Waals surface area contributed by atoms with Crippen molar-refractivity contribution < 1.29 is 9.53 Å². The second kappa shape index (κ2) is 5.48. The Labute approximate surface area is 113 Å². The van der Waals surface area contributed by atoms with Gasteiger partial charge in [0.1, 0.15) is 5.60 Å². The van der Waals surface area contributed by atoms with Crippen LogP contribution in [0.3, 0.4) is 0 Å². The second-order valence-corrected chi connectivity index (χ2v) is 5.67. The lowest BCUT2D eigenvalue weighted by atomic mass is 10.1. The minimum absolute atomic E-state index is 0.418. The molecule has 19 heavy (non-hydrogen) atoms. The molecule has 1 saturated heterocycles. The fourth-order valence-corrected chi connectivity index (χ4v) is 1.74. The maximum atomic E-state index is 11.8. The van der Waals surface area contributed by atoms with Crippen LogP contribution in [-0.2, 0) is 4.74 Å². The molecule has 1 heterocycles. The molecule has 0 unspecified atom stereocenters. The van der Waals surface area contributed by atoms with Gasteiger partial charge in [0.2, 0.25) is 0 Å². The van der Waals surface area contributed by atoms with Crippen LogP contribution in [0.15, 0.2) is 24.3 Å². The summed E-state index contributed by atoms with van der Waals surface area (Å²) in [5, 5.41) is 9.36. The number of amides is 1. The van der Waals surface area contributed by atoms with Crippen LogP contribution >= 0.6 is 0 Å². The molecule has 1 fully saturated rings. The third-order valence-corrected chi connectivity index (χ3v) is 2.70. The number of rotatable bonds is 3. The van der Waals surface area contributed by atoms with Crippen LogP contribution in [-0.4, -0.2) is 30.8 Å². The number of carbonyl (C=O) groups excluding carboxylic acids is 1. The Balaban J connectivity index is 2.00. The van der Waals surface area contributed by atoms with Gasteiger partial charge in [0.05, 0.1) is 17.4 Å². The molecule has 1 aromatic carbocycles. The fraction of sp³-hybridized carbons (Fsp3) is 0.500. The van der Waals surface area contributed by atoms with Crippen molar-refractivity contribution in [2.75, 3.05) is 23.7 Å². The Morgan fingerprint density at radius 2 is 1.89 bits per heavy atom. The molecule has 0 spiro atoms. The third-order valence-electron chi connectivity index (χ3n) is 2.70. The minimum Gasteiger partial charge on any atom is -0.444 e. The first-order valence-electron chi connectivity index (χ1n) is 6.50. The topological polar surface area (TPSA) is 62.4 Å². The molecule has 0 aliphatic carbocycles. The van der Waals surface area contributed by atoms with Gasteiger partial charge < -0.3 is 15.4 Å². The monoisotopic (exact) mass is 263 g/mol. The summed E-state index contributed by atoms with van der Waals surface area (Å²) in [7, 11) is 0. The maximum Gasteiger partial charge on any atom is 0.412 e. The summed E-state index contributed by atoms with van der Waals surface area (Å²) in [6.45, 7) is 7.42. The molecule has 1 aliphatic heterocycles. The number of nitrogens with one attached hydrogen (secondary N) is 3. The average Bonchev–Trinajstić information content (AvgIpc) is 2.22. The molecule has 3 N–H and O–H groups in total. The van der Waals surface area contributed by atoms with E-state index < -0.39 is 11.7 Å². The number of para-hydroxylation sites is 2. The van der Waals surface area contributed by atoms with E-state index in [0.717, 1.165) is 24.5 Å². The van der Waals surface area contributed by atoms with Gasteiger partial charge in [0.15, 0.2) is 0 Å². The summed E-state index contributed by atoms with van der Waals surface area (Å²) >= 11 is 0. The first kappa shape index (κ1) is 13.7. The summed E-state index contributed by atoms with van der Waals surface area (Å²) in [6, 6.07) is 8.05. The summed E-state index contributed by atoms with van der Waals surface area (Å²) in [4.78, 5) is 11.8. The van der Waals surface area contributed by atoms with Gasteiger partial charge in [-0.05, 0) is 32.9 Å². The van der Waals surface area contributed by atoms with E-state index in [4.69, 9.17) is 4.74 Å². The molecule has 2 rings (SSSR count). The summed E-state index contributed by atoms with van der Waals surface area (Å²) in [5.74, 6) is 0. The number of hydrogen-bond donors (Lipinski definition) is 3. The lowest BCUT2D eigenvalue weighted by molar-refractivity contribution is 0.0636. The van der Waals surface area contributed by atoms with E-state index in [0.29, 0.717) is 6.04 Å². The molecule has 5 heteroatoms. The first-order chi connectivity index (χ1) is 8.94. The smallest absolute Gasteiger partial charge is 0.412 e. The Hall–Kier alpha value is -1.75. The van der Waals surface area contributed by atoms with Crippen LogP contribution in [0.4, 0.5) is 16.2 Å². The third kappa shape index (κ3) is 4.13. The molecule has 5 nitrogen and oxygen atoms in total. The van der Waals surface area contributed by atoms with E-state index in [-0.39, 0.29) is 0 Å². The predicted octanol–water partition coefficient (Wildman–Crippen LogP) is 2.42. The van der Waals surface area contributed by atoms with E-state index in [1.807, 2.05) is 45.0 Å². The van der Waals surface area contributed by atoms with Crippen LogP contribution in [0, 0.1) is 0 Å². The van der Waals surface area contributed by atoms with Gasteiger partial charge in [-0.3, -0.25) is 5.32 Å². The van der Waals surface area contributed by atoms with Gasteiger partial charge in [-0.15, -0.1) is 0 Å². The van der Waals surface area contributed by atoms with Gasteiger partial charge in [0, 0.05) is 13.1 Å². The lowest BCUT2D eigenvalue weighted by Gasteiger charge is -2.30. The Kier molecular flexibility index (Phi) is 3.95. The highest BCUT2D eigenvalue weighted by Gasteiger charge is 2.19. The van der Waals surface area contributed by atoms with Crippen LogP contribution in [0.2, 0.25) is 0 Å². The summed E-state index contributed by atoms with van der Waals surface area (Å²) in [5.41, 5.74) is 1.16. The molecule has 0 saturated carbocycles. The Morgan fingerprint density at radius 3 is 2.42 bits per heavy atom. The van der Waals surface area contributed by atoms with Crippen molar-refractivity contribution in [3.05, 3.63) is 24.3 Å². The van der Waals surface area contributed by atoms with Crippen molar-refractivity contribution in [1.29, 1.82) is 0 Å². The van der Waals surface area contributed by atoms with Crippen molar-refractivity contribution in [1.82, 2.24) is 5.32 Å². The number of ether oxygens (including phenoxy) is 1. The summed E-state index contributed by atoms with van der Waals surface area (Å²) in [6.07, 6.45) is -0.437. The van der Waals surface area contributed by atoms with E-state index in [1.54, 1.807) is 0 Å². The number of anilines is 2. The van der Waals surface area contributed by atoms with Crippen LogP contribution in [0.25, 0.3) is 0 Å². The minimum atomic E-state index is -0.496. The van der Waals surface area contributed by atoms with Gasteiger partial charge in [-0.25, -0.2) is 4.79 Å². The highest BCUT2D eigenvalue weighted by Crippen LogP contribution is 2.23. The largest absolute Gasteiger partial charge is 0.444 e. The van der Waals surface area contributed by atoms with Gasteiger partial charge in [-0.1, -0.05) is 12.1 Å². The standard InChI is InChI=1S/C14H21N3O2/c1-14(2,3)19-13(18)17-12-7-5-4-6-11(12)16-10-8-15-9-10/h4-7,10,15-16H,8-9H2,1-3H3,(H,17,18). The average molecular weight is 263 g/mol. The van der Waals surface area contributed by atoms with Gasteiger partial charge in [-0.2, -0.15) is 0 Å². The van der Waals surface area contributed by atoms with Crippen molar-refractivity contribution in [3.63, 3.8) is 0 Å². The predicted molar refractivity (Wildman–Crippen MR) is 76.6 cm³/mol. The van der Waals surface area contributed by atoms with E-state index in [2.05, 4.69) is 16.0 Å². The first-order valence-corrected chi connectivity index (χ1v) is 6.50. The van der Waals surface area contributed by atoms with Gasteiger partial charge in [0.25, 0.3) is 0 Å². The Morgan fingerprint density at radius 1 is 1.26 bits per heavy atom. The quantitative estimate of drug-likeness (QED) is 0.783. The highest BCUT2D eigenvalue weighted by atomic mass is 16.6. The Bertz CT molecular complexity index is 450. The number of carbonyl (C=O) groups is 1. The maximum absolute atomic E-state index is 11.8. The molecule has 1 amide bonds. The molecular formula is C14H21N3O2. The highest BCUT2D eigenvalue weighted by molar-refractivity contribution is 5.89. The zero-order valence-corrected chi connectivity index (χ0v) is 11.6.